The molecule has 20 heavy (non-hydrogen) atoms. The Hall–Kier alpha value is -0.750. The fourth-order valence-electron chi connectivity index (χ4n) is 2.08. The number of nitrogens with zero attached hydrogens (tertiary/aromatic N) is 1. The number of rotatable bonds is 6. The number of likely N-dealkylation sites (N-methyl/N-ethyl adjacent to an activating group) is 1. The molecule has 0 aliphatic heterocycles. The first-order valence-electron chi connectivity index (χ1n) is 6.42. The van der Waals surface area contributed by atoms with Crippen LogP contribution in [0.5, 0.6) is 0 Å². The summed E-state index contributed by atoms with van der Waals surface area (Å²) in [7, 11) is 4.08. The minimum absolute atomic E-state index is 0.192. The Morgan fingerprint density at radius 3 is 2.55 bits per heavy atom. The van der Waals surface area contributed by atoms with E-state index in [0.29, 0.717) is 0 Å². The van der Waals surface area contributed by atoms with Gasteiger partial charge >= 0.3 is 0 Å². The number of benzene rings is 1. The summed E-state index contributed by atoms with van der Waals surface area (Å²) in [4.78, 5) is 2.14. The van der Waals surface area contributed by atoms with Gasteiger partial charge in [-0.3, -0.25) is 0 Å². The molecule has 1 atom stereocenters. The maximum Gasteiger partial charge on any atom is 0.123 e. The zero-order valence-corrected chi connectivity index (χ0v) is 14.0. The van der Waals surface area contributed by atoms with E-state index in [-0.39, 0.29) is 11.9 Å². The fourth-order valence-corrected chi connectivity index (χ4v) is 3.28. The molecule has 0 aliphatic rings. The van der Waals surface area contributed by atoms with Crippen LogP contribution in [0.2, 0.25) is 0 Å². The lowest BCUT2D eigenvalue weighted by Gasteiger charge is -2.25. The summed E-state index contributed by atoms with van der Waals surface area (Å²) in [6, 6.07) is 9.09. The van der Waals surface area contributed by atoms with Gasteiger partial charge in [-0.1, -0.05) is 12.1 Å². The second kappa shape index (κ2) is 7.31. The molecule has 5 heteroatoms. The van der Waals surface area contributed by atoms with Gasteiger partial charge in [0, 0.05) is 19.1 Å². The molecular formula is C15H18BrFN2S. The predicted octanol–water partition coefficient (Wildman–Crippen LogP) is 4.04. The Labute approximate surface area is 131 Å². The van der Waals surface area contributed by atoms with Gasteiger partial charge in [0.2, 0.25) is 0 Å². The molecule has 0 aliphatic carbocycles. The third-order valence-electron chi connectivity index (χ3n) is 3.17. The van der Waals surface area contributed by atoms with Crippen LogP contribution < -0.4 is 5.32 Å². The van der Waals surface area contributed by atoms with E-state index in [2.05, 4.69) is 37.6 Å². The van der Waals surface area contributed by atoms with Crippen LogP contribution in [0, 0.1) is 5.82 Å². The van der Waals surface area contributed by atoms with Crippen molar-refractivity contribution < 1.29 is 4.39 Å². The average molecular weight is 357 g/mol. The highest BCUT2D eigenvalue weighted by atomic mass is 79.9. The molecule has 0 fully saturated rings. The average Bonchev–Trinajstić information content (AvgIpc) is 2.81. The predicted molar refractivity (Wildman–Crippen MR) is 86.6 cm³/mol. The molecular weight excluding hydrogens is 339 g/mol. The third kappa shape index (κ3) is 4.38. The van der Waals surface area contributed by atoms with Crippen LogP contribution in [0.1, 0.15) is 17.2 Å². The Balaban J connectivity index is 1.94. The molecule has 2 aromatic rings. The van der Waals surface area contributed by atoms with E-state index in [0.717, 1.165) is 22.4 Å². The zero-order valence-electron chi connectivity index (χ0n) is 11.6. The van der Waals surface area contributed by atoms with E-state index < -0.39 is 0 Å². The molecule has 0 saturated heterocycles. The first-order chi connectivity index (χ1) is 9.56. The van der Waals surface area contributed by atoms with Crippen molar-refractivity contribution in [3.05, 3.63) is 56.4 Å². The Morgan fingerprint density at radius 2 is 2.00 bits per heavy atom. The van der Waals surface area contributed by atoms with Gasteiger partial charge in [-0.25, -0.2) is 4.39 Å². The minimum atomic E-state index is -0.192. The molecule has 0 spiro atoms. The lowest BCUT2D eigenvalue weighted by molar-refractivity contribution is 0.288. The Bertz CT molecular complexity index is 539. The van der Waals surface area contributed by atoms with E-state index in [1.54, 1.807) is 11.3 Å². The van der Waals surface area contributed by atoms with Crippen molar-refractivity contribution in [1.82, 2.24) is 10.2 Å². The van der Waals surface area contributed by atoms with Gasteiger partial charge in [-0.2, -0.15) is 0 Å². The van der Waals surface area contributed by atoms with Gasteiger partial charge in [-0.05, 0) is 64.7 Å². The summed E-state index contributed by atoms with van der Waals surface area (Å²) in [6.45, 7) is 1.67. The topological polar surface area (TPSA) is 15.3 Å². The van der Waals surface area contributed by atoms with Crippen LogP contribution in [-0.4, -0.2) is 25.5 Å². The van der Waals surface area contributed by atoms with Crippen molar-refractivity contribution in [1.29, 1.82) is 0 Å². The first kappa shape index (κ1) is 15.6. The fraction of sp³-hybridized carbons (Fsp3) is 0.333. The summed E-state index contributed by atoms with van der Waals surface area (Å²) < 4.78 is 14.1. The Morgan fingerprint density at radius 1 is 1.30 bits per heavy atom. The molecule has 0 bridgehead atoms. The zero-order chi connectivity index (χ0) is 14.5. The molecule has 0 radical (unpaired) electrons. The van der Waals surface area contributed by atoms with E-state index in [9.17, 15) is 4.39 Å². The van der Waals surface area contributed by atoms with Crippen LogP contribution in [0.15, 0.2) is 39.5 Å². The smallest absolute Gasteiger partial charge is 0.123 e. The SMILES string of the molecule is CN(C)C(CNCc1csc(Br)c1)c1ccc(F)cc1. The first-order valence-corrected chi connectivity index (χ1v) is 8.09. The monoisotopic (exact) mass is 356 g/mol. The van der Waals surface area contributed by atoms with Crippen LogP contribution in [0.3, 0.4) is 0 Å². The second-order valence-electron chi connectivity index (χ2n) is 4.92. The van der Waals surface area contributed by atoms with Crippen molar-refractivity contribution in [2.45, 2.75) is 12.6 Å². The molecule has 1 aromatic heterocycles. The molecule has 0 saturated carbocycles. The van der Waals surface area contributed by atoms with E-state index in [4.69, 9.17) is 0 Å². The molecule has 1 N–H and O–H groups in total. The van der Waals surface area contributed by atoms with Crippen LogP contribution in [0.25, 0.3) is 0 Å². The van der Waals surface area contributed by atoms with Crippen LogP contribution in [-0.2, 0) is 6.54 Å². The van der Waals surface area contributed by atoms with Crippen molar-refractivity contribution in [3.63, 3.8) is 0 Å². The second-order valence-corrected chi connectivity index (χ2v) is 7.21. The highest BCUT2D eigenvalue weighted by Gasteiger charge is 2.13. The Kier molecular flexibility index (Phi) is 5.72. The van der Waals surface area contributed by atoms with E-state index in [1.807, 2.05) is 26.2 Å². The summed E-state index contributed by atoms with van der Waals surface area (Å²) in [5.74, 6) is -0.192. The van der Waals surface area contributed by atoms with Crippen molar-refractivity contribution >= 4 is 27.3 Å². The maximum absolute atomic E-state index is 13.0. The lowest BCUT2D eigenvalue weighted by Crippen LogP contribution is -2.30. The largest absolute Gasteiger partial charge is 0.311 e. The number of halogens is 2. The number of thiophene rings is 1. The normalized spacial score (nSPS) is 12.8. The van der Waals surface area contributed by atoms with E-state index in [1.165, 1.54) is 17.7 Å². The maximum atomic E-state index is 13.0. The summed E-state index contributed by atoms with van der Waals surface area (Å²) >= 11 is 5.16. The minimum Gasteiger partial charge on any atom is -0.311 e. The standard InChI is InChI=1S/C15H18BrFN2S/c1-19(2)14(12-3-5-13(17)6-4-12)9-18-8-11-7-15(16)20-10-11/h3-7,10,14,18H,8-9H2,1-2H3. The van der Waals surface area contributed by atoms with E-state index >= 15 is 0 Å². The van der Waals surface area contributed by atoms with Crippen LogP contribution in [0.4, 0.5) is 4.39 Å². The van der Waals surface area contributed by atoms with Crippen molar-refractivity contribution in [2.24, 2.45) is 0 Å². The number of hydrogen-bond acceptors (Lipinski definition) is 3. The highest BCUT2D eigenvalue weighted by molar-refractivity contribution is 9.11. The molecule has 2 rings (SSSR count). The molecule has 1 heterocycles. The molecule has 108 valence electrons. The highest BCUT2D eigenvalue weighted by Crippen LogP contribution is 2.21. The summed E-state index contributed by atoms with van der Waals surface area (Å²) in [5, 5.41) is 5.60. The quantitative estimate of drug-likeness (QED) is 0.839. The molecule has 1 aromatic carbocycles. The third-order valence-corrected chi connectivity index (χ3v) is 4.72. The van der Waals surface area contributed by atoms with Gasteiger partial charge in [0.05, 0.1) is 3.79 Å². The van der Waals surface area contributed by atoms with Crippen molar-refractivity contribution in [2.75, 3.05) is 20.6 Å². The van der Waals surface area contributed by atoms with Gasteiger partial charge in [0.25, 0.3) is 0 Å². The summed E-state index contributed by atoms with van der Waals surface area (Å²) in [5.41, 5.74) is 2.40. The van der Waals surface area contributed by atoms with Gasteiger partial charge in [0.15, 0.2) is 0 Å². The molecule has 1 unspecified atom stereocenters. The number of hydrogen-bond donors (Lipinski definition) is 1. The molecule has 0 amide bonds. The summed E-state index contributed by atoms with van der Waals surface area (Å²) in [6.07, 6.45) is 0. The van der Waals surface area contributed by atoms with Gasteiger partial charge in [-0.15, -0.1) is 11.3 Å². The van der Waals surface area contributed by atoms with Gasteiger partial charge in [0.1, 0.15) is 5.82 Å². The molecule has 2 nitrogen and oxygen atoms in total. The number of nitrogens with one attached hydrogen (secondary N) is 1. The van der Waals surface area contributed by atoms with Crippen LogP contribution >= 0.6 is 27.3 Å². The lowest BCUT2D eigenvalue weighted by atomic mass is 10.1. The van der Waals surface area contributed by atoms with Crippen molar-refractivity contribution in [3.8, 4) is 0 Å². The van der Waals surface area contributed by atoms with Gasteiger partial charge < -0.3 is 10.2 Å².